The van der Waals surface area contributed by atoms with Crippen molar-refractivity contribution in [3.05, 3.63) is 52.1 Å². The van der Waals surface area contributed by atoms with Gasteiger partial charge >= 0.3 is 0 Å². The number of thiocarbonyl (C=S) groups is 1. The van der Waals surface area contributed by atoms with Crippen molar-refractivity contribution >= 4 is 44.6 Å². The fourth-order valence-corrected chi connectivity index (χ4v) is 2.09. The molecule has 0 atom stereocenters. The summed E-state index contributed by atoms with van der Waals surface area (Å²) in [6, 6.07) is 11.6. The van der Waals surface area contributed by atoms with Gasteiger partial charge in [0.1, 0.15) is 10.8 Å². The first-order chi connectivity index (χ1) is 8.58. The average Bonchev–Trinajstić information content (AvgIpc) is 2.32. The summed E-state index contributed by atoms with van der Waals surface area (Å²) in [7, 11) is 0. The number of hydrogen-bond donors (Lipinski definition) is 2. The van der Waals surface area contributed by atoms with Gasteiger partial charge in [-0.15, -0.1) is 0 Å². The zero-order valence-electron chi connectivity index (χ0n) is 9.77. The number of anilines is 2. The number of nitrogens with zero attached hydrogens (tertiary/aromatic N) is 1. The van der Waals surface area contributed by atoms with Crippen molar-refractivity contribution in [3.63, 3.8) is 0 Å². The first-order valence-electron chi connectivity index (χ1n) is 5.37. The molecular weight excluding hydrogens is 310 g/mol. The number of benzene rings is 1. The van der Waals surface area contributed by atoms with E-state index in [2.05, 4.69) is 26.2 Å². The summed E-state index contributed by atoms with van der Waals surface area (Å²) in [5.74, 6) is 0.675. The van der Waals surface area contributed by atoms with Gasteiger partial charge in [-0.05, 0) is 47.1 Å². The van der Waals surface area contributed by atoms with E-state index in [-0.39, 0.29) is 0 Å². The smallest absolute Gasteiger partial charge is 0.140 e. The molecule has 0 bridgehead atoms. The van der Waals surface area contributed by atoms with Crippen molar-refractivity contribution in [2.24, 2.45) is 5.73 Å². The Hall–Kier alpha value is -1.46. The normalized spacial score (nSPS) is 10.1. The van der Waals surface area contributed by atoms with Crippen molar-refractivity contribution in [1.29, 1.82) is 0 Å². The number of nitrogens with two attached hydrogens (primary N) is 1. The largest absolute Gasteiger partial charge is 0.389 e. The Morgan fingerprint density at radius 2 is 2.00 bits per heavy atom. The second-order valence-electron chi connectivity index (χ2n) is 3.82. The van der Waals surface area contributed by atoms with E-state index >= 15 is 0 Å². The lowest BCUT2D eigenvalue weighted by atomic mass is 10.2. The van der Waals surface area contributed by atoms with E-state index in [0.29, 0.717) is 10.8 Å². The molecule has 3 nitrogen and oxygen atoms in total. The molecule has 1 heterocycles. The van der Waals surface area contributed by atoms with Crippen LogP contribution in [0.3, 0.4) is 0 Å². The van der Waals surface area contributed by atoms with E-state index in [1.807, 2.05) is 43.3 Å². The van der Waals surface area contributed by atoms with E-state index in [1.165, 1.54) is 0 Å². The quantitative estimate of drug-likeness (QED) is 0.849. The van der Waals surface area contributed by atoms with Gasteiger partial charge in [0.05, 0.1) is 11.3 Å². The van der Waals surface area contributed by atoms with Crippen molar-refractivity contribution in [1.82, 2.24) is 4.98 Å². The van der Waals surface area contributed by atoms with E-state index in [9.17, 15) is 0 Å². The first kappa shape index (κ1) is 13.0. The lowest BCUT2D eigenvalue weighted by Gasteiger charge is -2.12. The summed E-state index contributed by atoms with van der Waals surface area (Å²) >= 11 is 8.51. The zero-order chi connectivity index (χ0) is 13.1. The molecule has 18 heavy (non-hydrogen) atoms. The Morgan fingerprint density at radius 3 is 2.67 bits per heavy atom. The first-order valence-corrected chi connectivity index (χ1v) is 6.57. The number of aromatic nitrogens is 1. The van der Waals surface area contributed by atoms with Crippen molar-refractivity contribution < 1.29 is 0 Å². The van der Waals surface area contributed by atoms with Gasteiger partial charge in [-0.2, -0.15) is 0 Å². The van der Waals surface area contributed by atoms with Gasteiger partial charge in [0.2, 0.25) is 0 Å². The number of aryl methyl sites for hydroxylation is 1. The fraction of sp³-hybridized carbons (Fsp3) is 0.0769. The SMILES string of the molecule is Cc1ccc(C(N)=S)c(Nc2ccccc2Br)n1. The van der Waals surface area contributed by atoms with Crippen LogP contribution in [0.1, 0.15) is 11.3 Å². The highest BCUT2D eigenvalue weighted by atomic mass is 79.9. The van der Waals surface area contributed by atoms with Crippen molar-refractivity contribution in [2.75, 3.05) is 5.32 Å². The molecule has 0 aliphatic heterocycles. The molecule has 2 rings (SSSR count). The van der Waals surface area contributed by atoms with Gasteiger partial charge in [0.15, 0.2) is 0 Å². The number of para-hydroxylation sites is 1. The molecule has 5 heteroatoms. The summed E-state index contributed by atoms with van der Waals surface area (Å²) in [6.07, 6.45) is 0. The third kappa shape index (κ3) is 2.86. The summed E-state index contributed by atoms with van der Waals surface area (Å²) < 4.78 is 0.960. The molecule has 0 spiro atoms. The van der Waals surface area contributed by atoms with Gasteiger partial charge in [-0.3, -0.25) is 0 Å². The Morgan fingerprint density at radius 1 is 1.28 bits per heavy atom. The van der Waals surface area contributed by atoms with E-state index in [1.54, 1.807) is 0 Å². The Balaban J connectivity index is 2.42. The summed E-state index contributed by atoms with van der Waals surface area (Å²) in [5, 5.41) is 3.24. The van der Waals surface area contributed by atoms with Gasteiger partial charge in [-0.1, -0.05) is 24.4 Å². The molecule has 2 aromatic rings. The van der Waals surface area contributed by atoms with Crippen LogP contribution in [0.2, 0.25) is 0 Å². The molecule has 0 fully saturated rings. The van der Waals surface area contributed by atoms with E-state index in [4.69, 9.17) is 18.0 Å². The van der Waals surface area contributed by atoms with Crippen LogP contribution < -0.4 is 11.1 Å². The molecule has 92 valence electrons. The maximum atomic E-state index is 5.70. The predicted molar refractivity (Wildman–Crippen MR) is 82.3 cm³/mol. The monoisotopic (exact) mass is 321 g/mol. The van der Waals surface area contributed by atoms with Gasteiger partial charge < -0.3 is 11.1 Å². The van der Waals surface area contributed by atoms with Gasteiger partial charge in [0, 0.05) is 10.2 Å². The van der Waals surface area contributed by atoms with Crippen LogP contribution in [0.15, 0.2) is 40.9 Å². The number of hydrogen-bond acceptors (Lipinski definition) is 3. The molecule has 0 saturated heterocycles. The molecular formula is C13H12BrN3S. The van der Waals surface area contributed by atoms with Crippen LogP contribution in [0.5, 0.6) is 0 Å². The Kier molecular flexibility index (Phi) is 3.93. The van der Waals surface area contributed by atoms with Gasteiger partial charge in [0.25, 0.3) is 0 Å². The highest BCUT2D eigenvalue weighted by Crippen LogP contribution is 2.26. The number of nitrogens with one attached hydrogen (secondary N) is 1. The molecule has 1 aromatic carbocycles. The summed E-state index contributed by atoms with van der Waals surface area (Å²) in [5.41, 5.74) is 8.27. The molecule has 0 aliphatic rings. The third-order valence-corrected chi connectivity index (χ3v) is 3.34. The molecule has 0 unspecified atom stereocenters. The van der Waals surface area contributed by atoms with Crippen LogP contribution in [-0.2, 0) is 0 Å². The van der Waals surface area contributed by atoms with Crippen LogP contribution >= 0.6 is 28.1 Å². The van der Waals surface area contributed by atoms with Crippen molar-refractivity contribution in [3.8, 4) is 0 Å². The fourth-order valence-electron chi connectivity index (χ4n) is 1.54. The van der Waals surface area contributed by atoms with Crippen LogP contribution in [0.25, 0.3) is 0 Å². The van der Waals surface area contributed by atoms with Gasteiger partial charge in [-0.25, -0.2) is 4.98 Å². The van der Waals surface area contributed by atoms with E-state index in [0.717, 1.165) is 21.4 Å². The highest BCUT2D eigenvalue weighted by molar-refractivity contribution is 9.10. The van der Waals surface area contributed by atoms with Crippen LogP contribution in [0.4, 0.5) is 11.5 Å². The predicted octanol–water partition coefficient (Wildman–Crippen LogP) is 3.53. The van der Waals surface area contributed by atoms with Crippen LogP contribution in [0, 0.1) is 6.92 Å². The minimum Gasteiger partial charge on any atom is -0.389 e. The highest BCUT2D eigenvalue weighted by Gasteiger charge is 2.08. The van der Waals surface area contributed by atoms with Crippen molar-refractivity contribution in [2.45, 2.75) is 6.92 Å². The average molecular weight is 322 g/mol. The maximum Gasteiger partial charge on any atom is 0.140 e. The summed E-state index contributed by atoms with van der Waals surface area (Å²) in [4.78, 5) is 4.76. The Bertz CT molecular complexity index is 599. The minimum atomic E-state index is 0.331. The molecule has 0 radical (unpaired) electrons. The molecule has 0 aliphatic carbocycles. The molecule has 1 aromatic heterocycles. The zero-order valence-corrected chi connectivity index (χ0v) is 12.2. The second-order valence-corrected chi connectivity index (χ2v) is 5.11. The number of pyridine rings is 1. The molecule has 0 saturated carbocycles. The Labute approximate surface area is 120 Å². The second kappa shape index (κ2) is 5.46. The number of halogens is 1. The molecule has 3 N–H and O–H groups in total. The maximum absolute atomic E-state index is 5.70. The summed E-state index contributed by atoms with van der Waals surface area (Å²) in [6.45, 7) is 1.93. The number of rotatable bonds is 3. The topological polar surface area (TPSA) is 50.9 Å². The standard InChI is InChI=1S/C13H12BrN3S/c1-8-6-7-9(12(15)18)13(16-8)17-11-5-3-2-4-10(11)14/h2-7H,1H3,(H2,15,18)(H,16,17). The minimum absolute atomic E-state index is 0.331. The van der Waals surface area contributed by atoms with Crippen LogP contribution in [-0.4, -0.2) is 9.97 Å². The lowest BCUT2D eigenvalue weighted by molar-refractivity contribution is 1.19. The molecule has 0 amide bonds. The lowest BCUT2D eigenvalue weighted by Crippen LogP contribution is -2.13. The van der Waals surface area contributed by atoms with E-state index < -0.39 is 0 Å². The third-order valence-electron chi connectivity index (χ3n) is 2.43.